The van der Waals surface area contributed by atoms with Gasteiger partial charge in [-0.25, -0.2) is 0 Å². The van der Waals surface area contributed by atoms with Gasteiger partial charge in [-0.3, -0.25) is 29.0 Å². The van der Waals surface area contributed by atoms with Crippen LogP contribution in [0, 0.1) is 23.7 Å². The van der Waals surface area contributed by atoms with Gasteiger partial charge in [-0.15, -0.1) is 0 Å². The Morgan fingerprint density at radius 1 is 0.931 bits per heavy atom. The summed E-state index contributed by atoms with van der Waals surface area (Å²) in [5, 5.41) is 12.2. The van der Waals surface area contributed by atoms with Gasteiger partial charge in [0.15, 0.2) is 28.5 Å². The predicted molar refractivity (Wildman–Crippen MR) is 273 cm³/mol. The third kappa shape index (κ3) is 7.76. The minimum Gasteiger partial charge on any atom is -0.482 e. The Morgan fingerprint density at radius 2 is 1.65 bits per heavy atom. The Balaban J connectivity index is 1.23. The van der Waals surface area contributed by atoms with Gasteiger partial charge in [-0.1, -0.05) is 53.6 Å². The molecule has 2 amide bonds. The summed E-state index contributed by atoms with van der Waals surface area (Å²) in [7, 11) is 2.02. The molecule has 5 heterocycles. The molecule has 4 aliphatic carbocycles. The van der Waals surface area contributed by atoms with Crippen LogP contribution < -0.4 is 19.5 Å². The van der Waals surface area contributed by atoms with Crippen LogP contribution in [0.5, 0.6) is 17.2 Å². The molecule has 3 saturated carbocycles. The number of piperazine rings is 1. The molecule has 2 aromatic rings. The van der Waals surface area contributed by atoms with Crippen molar-refractivity contribution in [1.29, 1.82) is 0 Å². The van der Waals surface area contributed by atoms with Crippen LogP contribution in [0.4, 0.5) is 0 Å². The molecule has 380 valence electrons. The fourth-order valence-electron chi connectivity index (χ4n) is 13.0. The number of carbonyl (C=O) groups is 5. The van der Waals surface area contributed by atoms with Crippen molar-refractivity contribution in [1.82, 2.24) is 15.1 Å². The topological polar surface area (TPSA) is 173 Å². The number of hydrogen-bond donors (Lipinski definition) is 2. The number of allylic oxidation sites excluding steroid dienone is 4. The zero-order valence-corrected chi connectivity index (χ0v) is 43.2. The fourth-order valence-corrected chi connectivity index (χ4v) is 13.0. The molecule has 0 aromatic heterocycles. The summed E-state index contributed by atoms with van der Waals surface area (Å²) < 4.78 is 29.1. The lowest BCUT2D eigenvalue weighted by Gasteiger charge is -2.62. The molecule has 0 radical (unpaired) electrons. The highest BCUT2D eigenvalue weighted by molar-refractivity contribution is 6.31. The number of rotatable bonds is 14. The average molecular weight is 981 g/mol. The molecule has 72 heavy (non-hydrogen) atoms. The van der Waals surface area contributed by atoms with Gasteiger partial charge < -0.3 is 39.2 Å². The van der Waals surface area contributed by atoms with E-state index >= 15 is 4.79 Å². The van der Waals surface area contributed by atoms with Crippen molar-refractivity contribution >= 4 is 46.8 Å². The Morgan fingerprint density at radius 3 is 2.36 bits per heavy atom. The highest BCUT2D eigenvalue weighted by Gasteiger charge is 2.84. The summed E-state index contributed by atoms with van der Waals surface area (Å²) in [6.07, 6.45) is 11.8. The number of ketones is 2. The maximum atomic E-state index is 16.0. The van der Waals surface area contributed by atoms with Crippen LogP contribution in [-0.2, 0) is 30.3 Å². The van der Waals surface area contributed by atoms with E-state index in [-0.39, 0.29) is 61.5 Å². The summed E-state index contributed by atoms with van der Waals surface area (Å²) in [6, 6.07) is 7.44. The fraction of sp³-hybridized carbons (Fsp3) is 0.517. The third-order valence-electron chi connectivity index (χ3n) is 16.6. The number of aliphatic hydroxyl groups excluding tert-OH is 1. The maximum Gasteiger partial charge on any atom is 0.311 e. The van der Waals surface area contributed by atoms with Crippen LogP contribution in [0.15, 0.2) is 75.9 Å². The largest absolute Gasteiger partial charge is 0.482 e. The zero-order valence-electron chi connectivity index (χ0n) is 43.2. The second kappa shape index (κ2) is 18.2. The van der Waals surface area contributed by atoms with Crippen LogP contribution >= 0.6 is 0 Å². The van der Waals surface area contributed by atoms with Crippen molar-refractivity contribution in [3.63, 3.8) is 0 Å². The number of amides is 2. The van der Waals surface area contributed by atoms with Crippen molar-refractivity contribution in [2.45, 2.75) is 123 Å². The average Bonchev–Trinajstić information content (AvgIpc) is 3.70. The van der Waals surface area contributed by atoms with Crippen LogP contribution in [0.3, 0.4) is 0 Å². The second-order valence-electron chi connectivity index (χ2n) is 22.3. The number of aliphatic hydroxyl groups is 1. The lowest BCUT2D eigenvalue weighted by atomic mass is 9.43. The number of likely N-dealkylation sites (N-methyl/N-ethyl adjacent to an activating group) is 1. The number of nitrogens with one attached hydrogen (secondary N) is 1. The Labute approximate surface area is 422 Å². The van der Waals surface area contributed by atoms with Gasteiger partial charge in [0.1, 0.15) is 17.1 Å². The van der Waals surface area contributed by atoms with Crippen LogP contribution in [0.25, 0.3) is 11.8 Å². The Hall–Kier alpha value is -5.96. The van der Waals surface area contributed by atoms with E-state index in [9.17, 15) is 24.3 Å². The Bertz CT molecular complexity index is 2890. The first-order chi connectivity index (χ1) is 34.3. The number of aliphatic imine (C=N–C) groups is 1. The minimum absolute atomic E-state index is 0.0338. The molecule has 9 aliphatic rings. The van der Waals surface area contributed by atoms with E-state index in [2.05, 4.69) is 36.2 Å². The third-order valence-corrected chi connectivity index (χ3v) is 16.6. The highest BCUT2D eigenvalue weighted by atomic mass is 16.6. The molecule has 2 N–H and O–H groups in total. The number of hydrogen-bond acceptors (Lipinski definition) is 12. The van der Waals surface area contributed by atoms with Gasteiger partial charge in [0, 0.05) is 91.2 Å². The molecular formula is C58H68N4O10. The van der Waals surface area contributed by atoms with Crippen LogP contribution in [0.1, 0.15) is 127 Å². The lowest BCUT2D eigenvalue weighted by molar-refractivity contribution is -0.182. The molecule has 2 aromatic carbocycles. The van der Waals surface area contributed by atoms with E-state index in [0.717, 1.165) is 25.1 Å². The molecule has 11 rings (SSSR count). The second-order valence-corrected chi connectivity index (χ2v) is 22.3. The van der Waals surface area contributed by atoms with E-state index in [0.29, 0.717) is 94.2 Å². The molecular weight excluding hydrogens is 913 g/mol. The summed E-state index contributed by atoms with van der Waals surface area (Å²) in [5.41, 5.74) is 2.10. The number of nitrogens with zero attached hydrogens (tertiary/aromatic N) is 3. The number of carbonyl (C=O) groups excluding carboxylic acids is 5. The summed E-state index contributed by atoms with van der Waals surface area (Å²) in [6.45, 7) is 18.3. The number of ether oxygens (including phenoxy) is 4. The number of fused-ring (bicyclic) bond motifs is 6. The minimum atomic E-state index is -1.69. The van der Waals surface area contributed by atoms with Gasteiger partial charge in [-0.05, 0) is 100 Å². The molecule has 5 fully saturated rings. The number of benzene rings is 2. The van der Waals surface area contributed by atoms with E-state index in [1.807, 2.05) is 78.1 Å². The maximum absolute atomic E-state index is 16.0. The molecule has 4 bridgehead atoms. The summed E-state index contributed by atoms with van der Waals surface area (Å²) >= 11 is 0. The highest BCUT2D eigenvalue weighted by Crippen LogP contribution is 2.74. The standard InChI is InChI=1S/C58H68N4O10/c1-32(2)13-12-22-56(8)23-21-38-50(70-56)37(17-16-33(3)4)52-45(51(38)69-42(65)19-18-41(64)62-28-26-61(9)27-29-62)48-46-43(44-47(60-48)35-14-10-11-15-36(35)49(44)66)39-31-40-55(6,7)72-57(53(39)67,58(40,46)71-52)24-20-34(5)54(68)59-25-30-63/h10-11,13-16,20-21,23,39-40,43-44,63H,12,17-19,22,24-31H2,1-9H3,(H,59,68)/b34-20-. The normalized spacial score (nSPS) is 28.9. The lowest BCUT2D eigenvalue weighted by Crippen LogP contribution is -2.75. The van der Waals surface area contributed by atoms with Gasteiger partial charge in [0.2, 0.25) is 11.8 Å². The van der Waals surface area contributed by atoms with Crippen molar-refractivity contribution in [2.24, 2.45) is 28.7 Å². The van der Waals surface area contributed by atoms with Crippen molar-refractivity contribution in [2.75, 3.05) is 46.4 Å². The SMILES string of the molecule is CC(C)=CCCC1(C)C=Cc2c(c(CC=C(C)C)c3c(c2OC(=O)CCC(=O)N2CCN(C)CC2)C2=C4C(C5CC6C(C)(C)OC(C/C=C(/C)C(=O)NCCO)(C5=O)C46O3)C3C(=O)c4ccccc4C3=N2)O1. The van der Waals surface area contributed by atoms with Gasteiger partial charge in [-0.2, -0.15) is 0 Å². The quantitative estimate of drug-likeness (QED) is 0.0829. The summed E-state index contributed by atoms with van der Waals surface area (Å²) in [5.74, 6) is -3.07. The van der Waals surface area contributed by atoms with E-state index in [4.69, 9.17) is 23.9 Å². The van der Waals surface area contributed by atoms with Gasteiger partial charge in [0.25, 0.3) is 0 Å². The summed E-state index contributed by atoms with van der Waals surface area (Å²) in [4.78, 5) is 82.0. The predicted octanol–water partition coefficient (Wildman–Crippen LogP) is 7.55. The van der Waals surface area contributed by atoms with Crippen LogP contribution in [0.2, 0.25) is 0 Å². The first-order valence-electron chi connectivity index (χ1n) is 25.8. The van der Waals surface area contributed by atoms with E-state index < -0.39 is 52.0 Å². The molecule has 1 spiro atoms. The van der Waals surface area contributed by atoms with Crippen LogP contribution in [-0.4, -0.2) is 119 Å². The molecule has 7 atom stereocenters. The molecule has 5 aliphatic heterocycles. The first kappa shape index (κ1) is 49.6. The van der Waals surface area contributed by atoms with E-state index in [1.165, 1.54) is 5.57 Å². The monoisotopic (exact) mass is 980 g/mol. The molecule has 7 unspecified atom stereocenters. The smallest absolute Gasteiger partial charge is 0.311 e. The number of Topliss-reactive ketones (excluding diaryl/α,β-unsaturated/α-hetero) is 2. The first-order valence-corrected chi connectivity index (χ1v) is 25.8. The molecule has 2 saturated heterocycles. The van der Waals surface area contributed by atoms with Gasteiger partial charge in [0.05, 0.1) is 47.1 Å². The zero-order chi connectivity index (χ0) is 51.2. The van der Waals surface area contributed by atoms with E-state index in [1.54, 1.807) is 17.9 Å². The van der Waals surface area contributed by atoms with Crippen molar-refractivity contribution < 1.29 is 48.0 Å². The van der Waals surface area contributed by atoms with Crippen molar-refractivity contribution in [3.8, 4) is 17.2 Å². The number of esters is 1. The van der Waals surface area contributed by atoms with Gasteiger partial charge >= 0.3 is 5.97 Å². The Kier molecular flexibility index (Phi) is 12.5. The molecule has 14 heteroatoms. The molecule has 14 nitrogen and oxygen atoms in total. The van der Waals surface area contributed by atoms with Crippen molar-refractivity contribution in [3.05, 3.63) is 98.7 Å².